The number of fused-ring (bicyclic) bond motifs is 1. The van der Waals surface area contributed by atoms with E-state index in [-0.39, 0.29) is 0 Å². The monoisotopic (exact) mass is 978 g/mol. The molecule has 0 saturated heterocycles. The predicted octanol–water partition coefficient (Wildman–Crippen LogP) is 12.6. The van der Waals surface area contributed by atoms with Gasteiger partial charge in [-0.05, 0) is 112 Å². The summed E-state index contributed by atoms with van der Waals surface area (Å²) in [5.41, 5.74) is 5.07. The number of hydrogen-bond acceptors (Lipinski definition) is 10. The Balaban J connectivity index is 0.000000142. The highest BCUT2D eigenvalue weighted by Crippen LogP contribution is 2.31. The average Bonchev–Trinajstić information content (AvgIpc) is 4.22. The molecule has 0 saturated carbocycles. The van der Waals surface area contributed by atoms with Crippen molar-refractivity contribution >= 4 is 26.7 Å². The summed E-state index contributed by atoms with van der Waals surface area (Å²) in [6, 6.07) is 53.6. The minimum absolute atomic E-state index is 0.446. The summed E-state index contributed by atoms with van der Waals surface area (Å²) in [4.78, 5) is 12.1. The lowest BCUT2D eigenvalue weighted by Crippen LogP contribution is -1.98. The van der Waals surface area contributed by atoms with Crippen molar-refractivity contribution in [2.24, 2.45) is 0 Å². The fraction of sp³-hybridized carbons (Fsp3) is 0.0536. The average molecular weight is 980 g/mol. The summed E-state index contributed by atoms with van der Waals surface area (Å²) in [5, 5.41) is 39.1. The van der Waals surface area contributed by atoms with Crippen LogP contribution in [0, 0.1) is 45.3 Å². The number of halogens is 1. The smallest absolute Gasteiger partial charge is 0.145 e. The Morgan fingerprint density at radius 1 is 0.414 bits per heavy atom. The van der Waals surface area contributed by atoms with Crippen LogP contribution in [0.4, 0.5) is 0 Å². The van der Waals surface area contributed by atoms with Gasteiger partial charge in [0.1, 0.15) is 52.7 Å². The second-order valence-electron chi connectivity index (χ2n) is 15.4. The number of rotatable bonds is 12. The molecule has 13 nitrogen and oxygen atoms in total. The maximum Gasteiger partial charge on any atom is 0.145 e. The topological polar surface area (TPSA) is 176 Å². The Morgan fingerprint density at radius 2 is 0.857 bits per heavy atom. The molecule has 3 aromatic heterocycles. The normalized spacial score (nSPS) is 10.2. The van der Waals surface area contributed by atoms with Gasteiger partial charge in [0, 0.05) is 61.3 Å². The molecule has 0 N–H and O–H groups in total. The molecule has 0 spiro atoms. The van der Waals surface area contributed by atoms with E-state index in [0.717, 1.165) is 37.7 Å². The number of aromatic nitrogens is 6. The summed E-state index contributed by atoms with van der Waals surface area (Å²) < 4.78 is 24.5. The lowest BCUT2D eigenvalue weighted by Gasteiger charge is -2.11. The number of imidazole rings is 3. The molecule has 0 bridgehead atoms. The molecule has 338 valence electrons. The Morgan fingerprint density at radius 3 is 1.29 bits per heavy atom. The van der Waals surface area contributed by atoms with Crippen molar-refractivity contribution in [3.63, 3.8) is 0 Å². The maximum absolute atomic E-state index is 9.37. The summed E-state index contributed by atoms with van der Waals surface area (Å²) >= 11 is 3.41. The number of nitriles is 4. The summed E-state index contributed by atoms with van der Waals surface area (Å²) in [7, 11) is 0. The molecule has 10 rings (SSSR count). The van der Waals surface area contributed by atoms with Gasteiger partial charge in [0.2, 0.25) is 0 Å². The van der Waals surface area contributed by atoms with Crippen LogP contribution in [-0.2, 0) is 19.6 Å². The van der Waals surface area contributed by atoms with Crippen LogP contribution < -0.4 is 14.2 Å². The highest BCUT2D eigenvalue weighted by atomic mass is 79.9. The highest BCUT2D eigenvalue weighted by molar-refractivity contribution is 9.10. The lowest BCUT2D eigenvalue weighted by atomic mass is 10.1. The largest absolute Gasteiger partial charge is 0.456 e. The van der Waals surface area contributed by atoms with Crippen molar-refractivity contribution in [1.29, 1.82) is 21.0 Å². The minimum Gasteiger partial charge on any atom is -0.456 e. The van der Waals surface area contributed by atoms with E-state index in [9.17, 15) is 15.8 Å². The Hall–Kier alpha value is -9.73. The molecule has 0 atom stereocenters. The molecule has 0 fully saturated rings. The van der Waals surface area contributed by atoms with Crippen LogP contribution >= 0.6 is 15.9 Å². The van der Waals surface area contributed by atoms with Crippen LogP contribution in [0.25, 0.3) is 10.8 Å². The van der Waals surface area contributed by atoms with Crippen LogP contribution in [0.2, 0.25) is 0 Å². The highest BCUT2D eigenvalue weighted by Gasteiger charge is 2.11. The van der Waals surface area contributed by atoms with Crippen molar-refractivity contribution in [3.8, 4) is 58.8 Å². The van der Waals surface area contributed by atoms with Crippen LogP contribution in [0.15, 0.2) is 206 Å². The van der Waals surface area contributed by atoms with Crippen molar-refractivity contribution in [2.45, 2.75) is 19.6 Å². The molecule has 10 aromatic rings. The van der Waals surface area contributed by atoms with Gasteiger partial charge in [0.25, 0.3) is 0 Å². The van der Waals surface area contributed by atoms with Crippen LogP contribution in [0.3, 0.4) is 0 Å². The van der Waals surface area contributed by atoms with Gasteiger partial charge in [0.15, 0.2) is 0 Å². The molecule has 14 heteroatoms. The van der Waals surface area contributed by atoms with Crippen LogP contribution in [0.1, 0.15) is 38.9 Å². The van der Waals surface area contributed by atoms with Gasteiger partial charge in [-0.3, -0.25) is 0 Å². The zero-order chi connectivity index (χ0) is 48.5. The fourth-order valence-electron chi connectivity index (χ4n) is 7.07. The molecule has 0 radical (unpaired) electrons. The summed E-state index contributed by atoms with van der Waals surface area (Å²) in [5.74, 6) is 3.52. The Labute approximate surface area is 412 Å². The van der Waals surface area contributed by atoms with Gasteiger partial charge in [-0.1, -0.05) is 76.6 Å². The number of nitrogens with zero attached hydrogens (tertiary/aromatic N) is 10. The SMILES string of the molecule is N#Cc1ccc(Cn2ccnc2)cc1Oc1ccc2ccccc2c1.N#Cc1ccc(Cn2ccnc2)cc1Oc1cccc(Br)c1.N#Cc1cccc(Oc2cc(Cn3ccnc3)ccc2C#N)c1. The molecule has 0 aliphatic rings. The van der Waals surface area contributed by atoms with Crippen molar-refractivity contribution < 1.29 is 14.2 Å². The third-order valence-electron chi connectivity index (χ3n) is 10.4. The molecule has 0 unspecified atom stereocenters. The molecule has 7 aromatic carbocycles. The molecule has 70 heavy (non-hydrogen) atoms. The predicted molar refractivity (Wildman–Crippen MR) is 267 cm³/mol. The van der Waals surface area contributed by atoms with E-state index < -0.39 is 0 Å². The first-order valence-electron chi connectivity index (χ1n) is 21.6. The first kappa shape index (κ1) is 46.8. The molecular weight excluding hydrogens is 941 g/mol. The van der Waals surface area contributed by atoms with E-state index in [1.54, 1.807) is 80.0 Å². The quantitative estimate of drug-likeness (QED) is 0.114. The molecule has 0 aliphatic carbocycles. The van der Waals surface area contributed by atoms with E-state index in [1.165, 1.54) is 0 Å². The maximum atomic E-state index is 9.37. The van der Waals surface area contributed by atoms with Crippen LogP contribution in [0.5, 0.6) is 34.5 Å². The van der Waals surface area contributed by atoms with Gasteiger partial charge in [-0.15, -0.1) is 0 Å². The van der Waals surface area contributed by atoms with E-state index in [1.807, 2.05) is 129 Å². The number of benzene rings is 7. The Bertz CT molecular complexity index is 3530. The first-order chi connectivity index (χ1) is 34.3. The second kappa shape index (κ2) is 23.1. The van der Waals surface area contributed by atoms with Crippen molar-refractivity contribution in [1.82, 2.24) is 28.7 Å². The van der Waals surface area contributed by atoms with E-state index in [4.69, 9.17) is 19.5 Å². The van der Waals surface area contributed by atoms with Gasteiger partial charge in [-0.2, -0.15) is 21.0 Å². The zero-order valence-electron chi connectivity index (χ0n) is 37.2. The second-order valence-corrected chi connectivity index (χ2v) is 16.4. The van der Waals surface area contributed by atoms with E-state index >= 15 is 0 Å². The van der Waals surface area contributed by atoms with Crippen molar-refractivity contribution in [3.05, 3.63) is 245 Å². The molecule has 3 heterocycles. The minimum atomic E-state index is 0.446. The number of ether oxygens (including phenoxy) is 3. The van der Waals surface area contributed by atoms with Crippen molar-refractivity contribution in [2.75, 3.05) is 0 Å². The molecular formula is C56H39BrN10O3. The van der Waals surface area contributed by atoms with Gasteiger partial charge >= 0.3 is 0 Å². The number of hydrogen-bond donors (Lipinski definition) is 0. The van der Waals surface area contributed by atoms with E-state index in [0.29, 0.717) is 70.6 Å². The summed E-state index contributed by atoms with van der Waals surface area (Å²) in [6.07, 6.45) is 16.1. The third kappa shape index (κ3) is 12.8. The lowest BCUT2D eigenvalue weighted by molar-refractivity contribution is 0.479. The molecule has 0 amide bonds. The Kier molecular flexibility index (Phi) is 15.5. The van der Waals surface area contributed by atoms with E-state index in [2.05, 4.69) is 61.2 Å². The van der Waals surface area contributed by atoms with Gasteiger partial charge < -0.3 is 27.9 Å². The molecule has 0 aliphatic heterocycles. The van der Waals surface area contributed by atoms with Crippen LogP contribution in [-0.4, -0.2) is 28.7 Å². The van der Waals surface area contributed by atoms with Gasteiger partial charge in [0.05, 0.1) is 47.3 Å². The third-order valence-corrected chi connectivity index (χ3v) is 10.9. The van der Waals surface area contributed by atoms with Gasteiger partial charge in [-0.25, -0.2) is 15.0 Å². The summed E-state index contributed by atoms with van der Waals surface area (Å²) in [6.45, 7) is 2.00. The standard InChI is InChI=1S/C21H15N3O.C18H12N4O.C17H12BrN3O/c22-13-19-6-5-16(14-24-10-9-23-15-24)11-21(19)25-20-8-7-17-3-1-2-4-18(17)12-20;19-10-14-2-1-3-17(8-14)23-18-9-15(4-5-16(18)11-20)12-22-7-6-21-13-22;18-15-2-1-3-16(9-15)22-17-8-13(4-5-14(17)10-19)11-21-7-6-20-12-21/h1-12,15H,14H2;1-9,13H,12H2;1-9,12H,11H2. The zero-order valence-corrected chi connectivity index (χ0v) is 38.8. The first-order valence-corrected chi connectivity index (χ1v) is 22.4. The fourth-order valence-corrected chi connectivity index (χ4v) is 7.45.